The molecule has 0 aliphatic carbocycles. The minimum atomic E-state index is -0.894. The van der Waals surface area contributed by atoms with Crippen LogP contribution < -0.4 is 5.32 Å². The zero-order chi connectivity index (χ0) is 12.0. The number of amides is 1. The van der Waals surface area contributed by atoms with Gasteiger partial charge in [-0.1, -0.05) is 6.92 Å². The first-order chi connectivity index (χ1) is 7.63. The van der Waals surface area contributed by atoms with E-state index in [-0.39, 0.29) is 5.91 Å². The fraction of sp³-hybridized carbons (Fsp3) is 0.400. The van der Waals surface area contributed by atoms with E-state index in [2.05, 4.69) is 10.3 Å². The zero-order valence-electron chi connectivity index (χ0n) is 8.90. The van der Waals surface area contributed by atoms with Gasteiger partial charge >= 0.3 is 0 Å². The molecular weight excluding hydrogens is 231 g/mol. The van der Waals surface area contributed by atoms with Crippen LogP contribution in [-0.4, -0.2) is 33.2 Å². The van der Waals surface area contributed by atoms with Gasteiger partial charge in [-0.3, -0.25) is 9.00 Å². The molecule has 1 aromatic heterocycles. The summed E-state index contributed by atoms with van der Waals surface area (Å²) in [6, 6.07) is 2.48. The second kappa shape index (κ2) is 6.32. The lowest BCUT2D eigenvalue weighted by molar-refractivity contribution is 0.0955. The summed E-state index contributed by atoms with van der Waals surface area (Å²) in [5.41, 5.74) is 0.295. The Morgan fingerprint density at radius 1 is 1.56 bits per heavy atom. The van der Waals surface area contributed by atoms with Crippen molar-refractivity contribution in [1.82, 2.24) is 10.3 Å². The number of hydrogen-bond acceptors (Lipinski definition) is 3. The van der Waals surface area contributed by atoms with Crippen molar-refractivity contribution in [3.8, 4) is 0 Å². The van der Waals surface area contributed by atoms with Gasteiger partial charge in [0.2, 0.25) is 5.95 Å². The van der Waals surface area contributed by atoms with Crippen molar-refractivity contribution in [2.45, 2.75) is 6.92 Å². The van der Waals surface area contributed by atoms with E-state index in [0.717, 1.165) is 6.07 Å². The summed E-state index contributed by atoms with van der Waals surface area (Å²) in [5.74, 6) is 0.0504. The monoisotopic (exact) mass is 244 g/mol. The van der Waals surface area contributed by atoms with E-state index in [1.165, 1.54) is 12.3 Å². The first-order valence-electron chi connectivity index (χ1n) is 4.88. The molecule has 16 heavy (non-hydrogen) atoms. The van der Waals surface area contributed by atoms with Crippen LogP contribution in [0.3, 0.4) is 0 Å². The van der Waals surface area contributed by atoms with Gasteiger partial charge < -0.3 is 5.32 Å². The van der Waals surface area contributed by atoms with Gasteiger partial charge in [-0.2, -0.15) is 4.39 Å². The molecule has 0 aliphatic heterocycles. The smallest absolute Gasteiger partial charge is 0.252 e. The third kappa shape index (κ3) is 4.06. The summed E-state index contributed by atoms with van der Waals surface area (Å²) in [7, 11) is -0.894. The molecular formula is C10H13FN2O2S. The van der Waals surface area contributed by atoms with Gasteiger partial charge in [0, 0.05) is 35.0 Å². The number of aromatic nitrogens is 1. The highest BCUT2D eigenvalue weighted by Crippen LogP contribution is 1.98. The molecule has 1 N–H and O–H groups in total. The highest BCUT2D eigenvalue weighted by molar-refractivity contribution is 7.84. The Bertz CT molecular complexity index is 381. The Labute approximate surface area is 95.7 Å². The molecule has 88 valence electrons. The molecule has 1 rings (SSSR count). The first-order valence-corrected chi connectivity index (χ1v) is 6.37. The molecule has 1 aromatic rings. The number of pyridine rings is 1. The number of hydrogen-bond donors (Lipinski definition) is 1. The van der Waals surface area contributed by atoms with Crippen LogP contribution in [-0.2, 0) is 10.8 Å². The van der Waals surface area contributed by atoms with Gasteiger partial charge in [0.15, 0.2) is 0 Å². The first kappa shape index (κ1) is 12.8. The van der Waals surface area contributed by atoms with Gasteiger partial charge in [0.1, 0.15) is 0 Å². The quantitative estimate of drug-likeness (QED) is 0.776. The van der Waals surface area contributed by atoms with Crippen LogP contribution >= 0.6 is 0 Å². The Hall–Kier alpha value is -1.30. The molecule has 1 unspecified atom stereocenters. The lowest BCUT2D eigenvalue weighted by Gasteiger charge is -2.03. The van der Waals surface area contributed by atoms with Gasteiger partial charge in [-0.05, 0) is 12.1 Å². The molecule has 0 aromatic carbocycles. The van der Waals surface area contributed by atoms with Crippen molar-refractivity contribution < 1.29 is 13.4 Å². The van der Waals surface area contributed by atoms with Gasteiger partial charge in [-0.15, -0.1) is 0 Å². The molecule has 6 heteroatoms. The average Bonchev–Trinajstić information content (AvgIpc) is 2.29. The Morgan fingerprint density at radius 2 is 2.31 bits per heavy atom. The van der Waals surface area contributed by atoms with E-state index >= 15 is 0 Å². The van der Waals surface area contributed by atoms with E-state index in [9.17, 15) is 13.4 Å². The number of rotatable bonds is 5. The van der Waals surface area contributed by atoms with Crippen molar-refractivity contribution in [1.29, 1.82) is 0 Å². The molecule has 0 saturated carbocycles. The van der Waals surface area contributed by atoms with Crippen LogP contribution in [0.2, 0.25) is 0 Å². The maximum atomic E-state index is 12.5. The maximum Gasteiger partial charge on any atom is 0.252 e. The molecule has 0 radical (unpaired) electrons. The van der Waals surface area contributed by atoms with Crippen molar-refractivity contribution in [2.24, 2.45) is 0 Å². The van der Waals surface area contributed by atoms with Crippen molar-refractivity contribution in [3.63, 3.8) is 0 Å². The lowest BCUT2D eigenvalue weighted by atomic mass is 10.3. The van der Waals surface area contributed by atoms with Crippen LogP contribution in [0.5, 0.6) is 0 Å². The molecule has 1 atom stereocenters. The fourth-order valence-electron chi connectivity index (χ4n) is 1.03. The van der Waals surface area contributed by atoms with Crippen molar-refractivity contribution in [2.75, 3.05) is 18.1 Å². The van der Waals surface area contributed by atoms with Crippen molar-refractivity contribution >= 4 is 16.7 Å². The summed E-state index contributed by atoms with van der Waals surface area (Å²) in [6.45, 7) is 2.17. The highest BCUT2D eigenvalue weighted by atomic mass is 32.2. The second-order valence-corrected chi connectivity index (χ2v) is 4.92. The molecule has 1 heterocycles. The van der Waals surface area contributed by atoms with Crippen LogP contribution in [0.15, 0.2) is 18.3 Å². The van der Waals surface area contributed by atoms with Crippen LogP contribution in [0, 0.1) is 5.95 Å². The third-order valence-electron chi connectivity index (χ3n) is 1.93. The highest BCUT2D eigenvalue weighted by Gasteiger charge is 2.05. The summed E-state index contributed by atoms with van der Waals surface area (Å²) in [4.78, 5) is 14.8. The normalized spacial score (nSPS) is 12.1. The predicted octanol–water partition coefficient (Wildman–Crippen LogP) is 0.719. The third-order valence-corrected chi connectivity index (χ3v) is 3.23. The van der Waals surface area contributed by atoms with Crippen LogP contribution in [0.1, 0.15) is 17.3 Å². The summed E-state index contributed by atoms with van der Waals surface area (Å²) < 4.78 is 23.5. The Balaban J connectivity index is 2.41. The molecule has 0 saturated heterocycles. The molecule has 0 aliphatic rings. The van der Waals surface area contributed by atoms with Crippen LogP contribution in [0.25, 0.3) is 0 Å². The number of halogens is 1. The van der Waals surface area contributed by atoms with E-state index in [0.29, 0.717) is 23.6 Å². The molecule has 4 nitrogen and oxygen atoms in total. The molecule has 0 fully saturated rings. The summed E-state index contributed by atoms with van der Waals surface area (Å²) in [5, 5.41) is 2.59. The van der Waals surface area contributed by atoms with E-state index < -0.39 is 16.7 Å². The number of nitrogens with zero attached hydrogens (tertiary/aromatic N) is 1. The standard InChI is InChI=1S/C10H13FN2O2S/c1-2-16(15)6-5-12-10(14)8-3-4-9(11)13-7-8/h3-4,7H,2,5-6H2,1H3,(H,12,14). The lowest BCUT2D eigenvalue weighted by Crippen LogP contribution is -2.28. The minimum absolute atomic E-state index is 0.295. The molecule has 1 amide bonds. The predicted molar refractivity (Wildman–Crippen MR) is 60.1 cm³/mol. The number of carbonyl (C=O) groups is 1. The number of nitrogens with one attached hydrogen (secondary N) is 1. The topological polar surface area (TPSA) is 59.1 Å². The molecule has 0 bridgehead atoms. The fourth-order valence-corrected chi connectivity index (χ4v) is 1.65. The van der Waals surface area contributed by atoms with Gasteiger partial charge in [0.05, 0.1) is 5.56 Å². The summed E-state index contributed by atoms with van der Waals surface area (Å²) in [6.07, 6.45) is 1.17. The van der Waals surface area contributed by atoms with Gasteiger partial charge in [0.25, 0.3) is 5.91 Å². The Morgan fingerprint density at radius 3 is 2.88 bits per heavy atom. The second-order valence-electron chi connectivity index (χ2n) is 3.06. The van der Waals surface area contributed by atoms with Crippen LogP contribution in [0.4, 0.5) is 4.39 Å². The van der Waals surface area contributed by atoms with Crippen molar-refractivity contribution in [3.05, 3.63) is 29.8 Å². The SMILES string of the molecule is CCS(=O)CCNC(=O)c1ccc(F)nc1. The zero-order valence-corrected chi connectivity index (χ0v) is 9.72. The average molecular weight is 244 g/mol. The molecule has 0 spiro atoms. The largest absolute Gasteiger partial charge is 0.351 e. The van der Waals surface area contributed by atoms with E-state index in [4.69, 9.17) is 0 Å². The number of carbonyl (C=O) groups excluding carboxylic acids is 1. The van der Waals surface area contributed by atoms with E-state index in [1.807, 2.05) is 6.92 Å². The summed E-state index contributed by atoms with van der Waals surface area (Å²) >= 11 is 0. The van der Waals surface area contributed by atoms with E-state index in [1.54, 1.807) is 0 Å². The van der Waals surface area contributed by atoms with Gasteiger partial charge in [-0.25, -0.2) is 4.98 Å². The Kier molecular flexibility index (Phi) is 5.04. The maximum absolute atomic E-state index is 12.5. The minimum Gasteiger partial charge on any atom is -0.351 e.